The van der Waals surface area contributed by atoms with Crippen molar-refractivity contribution >= 4 is 5.91 Å². The molecule has 0 spiro atoms. The van der Waals surface area contributed by atoms with Crippen LogP contribution in [0.15, 0.2) is 6.20 Å². The van der Waals surface area contributed by atoms with Crippen LogP contribution in [0.4, 0.5) is 13.2 Å². The molecule has 9 heteroatoms. The van der Waals surface area contributed by atoms with E-state index in [1.165, 1.54) is 10.9 Å². The third-order valence-corrected chi connectivity index (χ3v) is 2.07. The third kappa shape index (κ3) is 6.75. The van der Waals surface area contributed by atoms with Crippen molar-refractivity contribution in [1.82, 2.24) is 25.6 Å². The number of alkyl halides is 3. The molecule has 0 aromatic carbocycles. The Bertz CT molecular complexity index is 416. The third-order valence-electron chi connectivity index (χ3n) is 2.07. The van der Waals surface area contributed by atoms with Gasteiger partial charge in [0.1, 0.15) is 13.1 Å². The van der Waals surface area contributed by atoms with Gasteiger partial charge in [-0.2, -0.15) is 13.2 Å². The number of halogens is 3. The predicted octanol–water partition coefficient (Wildman–Crippen LogP) is 0.455. The van der Waals surface area contributed by atoms with Crippen LogP contribution in [0.3, 0.4) is 0 Å². The molecule has 0 radical (unpaired) electrons. The Hall–Kier alpha value is -1.64. The van der Waals surface area contributed by atoms with Gasteiger partial charge in [0.25, 0.3) is 0 Å². The fraction of sp³-hybridized carbons (Fsp3) is 0.700. The predicted molar refractivity (Wildman–Crippen MR) is 61.1 cm³/mol. The average Bonchev–Trinajstić information content (AvgIpc) is 2.70. The standard InChI is InChI=1S/C10H16F3N5O/c1-7(2)14-3-8-4-18(17-16-8)5-9(19)15-6-10(11,12)13/h4,7,14H,3,5-6H2,1-2H3,(H,15,19). The average molecular weight is 279 g/mol. The van der Waals surface area contributed by atoms with Gasteiger partial charge in [-0.3, -0.25) is 4.79 Å². The molecule has 0 aliphatic heterocycles. The molecule has 0 aliphatic rings. The van der Waals surface area contributed by atoms with Gasteiger partial charge in [0.05, 0.1) is 11.9 Å². The highest BCUT2D eigenvalue weighted by Crippen LogP contribution is 2.11. The number of rotatable bonds is 6. The number of hydrogen-bond donors (Lipinski definition) is 2. The molecule has 0 unspecified atom stereocenters. The van der Waals surface area contributed by atoms with Crippen LogP contribution in [-0.4, -0.2) is 39.7 Å². The van der Waals surface area contributed by atoms with Gasteiger partial charge in [-0.25, -0.2) is 4.68 Å². The van der Waals surface area contributed by atoms with Crippen molar-refractivity contribution in [3.8, 4) is 0 Å². The lowest BCUT2D eigenvalue weighted by molar-refractivity contribution is -0.138. The van der Waals surface area contributed by atoms with E-state index in [-0.39, 0.29) is 12.6 Å². The van der Waals surface area contributed by atoms with Crippen molar-refractivity contribution in [2.45, 2.75) is 39.2 Å². The highest BCUT2D eigenvalue weighted by Gasteiger charge is 2.27. The number of carbonyl (C=O) groups is 1. The normalized spacial score (nSPS) is 11.9. The molecule has 1 aromatic heterocycles. The fourth-order valence-electron chi connectivity index (χ4n) is 1.21. The highest BCUT2D eigenvalue weighted by molar-refractivity contribution is 5.75. The van der Waals surface area contributed by atoms with Gasteiger partial charge >= 0.3 is 6.18 Å². The van der Waals surface area contributed by atoms with Crippen molar-refractivity contribution < 1.29 is 18.0 Å². The number of amides is 1. The van der Waals surface area contributed by atoms with Gasteiger partial charge in [0.2, 0.25) is 5.91 Å². The maximum absolute atomic E-state index is 11.9. The van der Waals surface area contributed by atoms with E-state index in [9.17, 15) is 18.0 Å². The second kappa shape index (κ2) is 6.50. The lowest BCUT2D eigenvalue weighted by atomic mass is 10.3. The van der Waals surface area contributed by atoms with Gasteiger partial charge in [-0.15, -0.1) is 5.10 Å². The summed E-state index contributed by atoms with van der Waals surface area (Å²) in [7, 11) is 0. The Labute approximate surface area is 108 Å². The Morgan fingerprint density at radius 1 is 1.47 bits per heavy atom. The molecule has 1 aromatic rings. The van der Waals surface area contributed by atoms with E-state index < -0.39 is 18.6 Å². The van der Waals surface area contributed by atoms with Crippen molar-refractivity contribution in [2.75, 3.05) is 6.54 Å². The van der Waals surface area contributed by atoms with E-state index in [1.807, 2.05) is 13.8 Å². The summed E-state index contributed by atoms with van der Waals surface area (Å²) in [6, 6.07) is 0.278. The maximum atomic E-state index is 11.9. The van der Waals surface area contributed by atoms with Gasteiger partial charge in [0.15, 0.2) is 0 Å². The molecule has 6 nitrogen and oxygen atoms in total. The summed E-state index contributed by atoms with van der Waals surface area (Å²) >= 11 is 0. The first-order valence-electron chi connectivity index (χ1n) is 5.72. The van der Waals surface area contributed by atoms with Crippen LogP contribution in [0.1, 0.15) is 19.5 Å². The number of hydrogen-bond acceptors (Lipinski definition) is 4. The molecule has 0 aliphatic carbocycles. The lowest BCUT2D eigenvalue weighted by Crippen LogP contribution is -2.35. The van der Waals surface area contributed by atoms with E-state index >= 15 is 0 Å². The SMILES string of the molecule is CC(C)NCc1cn(CC(=O)NCC(F)(F)F)nn1. The minimum atomic E-state index is -4.41. The molecule has 0 atom stereocenters. The second-order valence-electron chi connectivity index (χ2n) is 4.33. The topological polar surface area (TPSA) is 71.8 Å². The maximum Gasteiger partial charge on any atom is 0.405 e. The summed E-state index contributed by atoms with van der Waals surface area (Å²) < 4.78 is 36.8. The first-order chi connectivity index (χ1) is 8.76. The van der Waals surface area contributed by atoms with Crippen LogP contribution >= 0.6 is 0 Å². The molecule has 108 valence electrons. The summed E-state index contributed by atoms with van der Waals surface area (Å²) in [5.74, 6) is -0.759. The molecule has 2 N–H and O–H groups in total. The van der Waals surface area contributed by atoms with Crippen LogP contribution in [0.2, 0.25) is 0 Å². The van der Waals surface area contributed by atoms with Gasteiger partial charge in [-0.05, 0) is 0 Å². The minimum absolute atomic E-state index is 0.278. The van der Waals surface area contributed by atoms with E-state index in [0.29, 0.717) is 12.2 Å². The van der Waals surface area contributed by atoms with Gasteiger partial charge < -0.3 is 10.6 Å². The van der Waals surface area contributed by atoms with Crippen molar-refractivity contribution in [3.63, 3.8) is 0 Å². The number of aromatic nitrogens is 3. The highest BCUT2D eigenvalue weighted by atomic mass is 19.4. The number of nitrogens with zero attached hydrogens (tertiary/aromatic N) is 3. The molecular weight excluding hydrogens is 263 g/mol. The van der Waals surface area contributed by atoms with Crippen LogP contribution < -0.4 is 10.6 Å². The zero-order valence-electron chi connectivity index (χ0n) is 10.7. The first kappa shape index (κ1) is 15.4. The summed E-state index contributed by atoms with van der Waals surface area (Å²) in [5, 5.41) is 12.3. The largest absolute Gasteiger partial charge is 0.405 e. The molecular formula is C10H16F3N5O. The Balaban J connectivity index is 2.38. The Morgan fingerprint density at radius 2 is 2.16 bits per heavy atom. The molecule has 19 heavy (non-hydrogen) atoms. The van der Waals surface area contributed by atoms with Crippen molar-refractivity contribution in [1.29, 1.82) is 0 Å². The quantitative estimate of drug-likeness (QED) is 0.793. The van der Waals surface area contributed by atoms with Crippen molar-refractivity contribution in [2.24, 2.45) is 0 Å². The zero-order valence-corrected chi connectivity index (χ0v) is 10.7. The second-order valence-corrected chi connectivity index (χ2v) is 4.33. The molecule has 1 heterocycles. The van der Waals surface area contributed by atoms with Crippen LogP contribution in [0.25, 0.3) is 0 Å². The van der Waals surface area contributed by atoms with E-state index in [1.54, 1.807) is 5.32 Å². The minimum Gasteiger partial charge on any atom is -0.345 e. The van der Waals surface area contributed by atoms with E-state index in [0.717, 1.165) is 0 Å². The Morgan fingerprint density at radius 3 is 2.74 bits per heavy atom. The molecule has 0 bridgehead atoms. The van der Waals surface area contributed by atoms with E-state index in [2.05, 4.69) is 15.6 Å². The van der Waals surface area contributed by atoms with Gasteiger partial charge in [-0.1, -0.05) is 19.1 Å². The lowest BCUT2D eigenvalue weighted by Gasteiger charge is -2.07. The summed E-state index contributed by atoms with van der Waals surface area (Å²) in [6.45, 7) is 2.79. The van der Waals surface area contributed by atoms with Crippen molar-refractivity contribution in [3.05, 3.63) is 11.9 Å². The Kier molecular flexibility index (Phi) is 5.28. The number of carbonyl (C=O) groups excluding carboxylic acids is 1. The molecule has 1 rings (SSSR count). The summed E-state index contributed by atoms with van der Waals surface area (Å²) in [6.07, 6.45) is -2.90. The zero-order chi connectivity index (χ0) is 14.5. The fourth-order valence-corrected chi connectivity index (χ4v) is 1.21. The summed E-state index contributed by atoms with van der Waals surface area (Å²) in [5.41, 5.74) is 0.623. The summed E-state index contributed by atoms with van der Waals surface area (Å²) in [4.78, 5) is 11.2. The van der Waals surface area contributed by atoms with Crippen LogP contribution in [0, 0.1) is 0 Å². The molecule has 0 fully saturated rings. The molecule has 1 amide bonds. The van der Waals surface area contributed by atoms with Crippen LogP contribution in [0.5, 0.6) is 0 Å². The monoisotopic (exact) mass is 279 g/mol. The smallest absolute Gasteiger partial charge is 0.345 e. The molecule has 0 saturated heterocycles. The van der Waals surface area contributed by atoms with Gasteiger partial charge in [0, 0.05) is 12.6 Å². The first-order valence-corrected chi connectivity index (χ1v) is 5.72. The molecule has 0 saturated carbocycles. The van der Waals surface area contributed by atoms with E-state index in [4.69, 9.17) is 0 Å². The number of nitrogens with one attached hydrogen (secondary N) is 2. The van der Waals surface area contributed by atoms with Crippen LogP contribution in [-0.2, 0) is 17.9 Å².